The van der Waals surface area contributed by atoms with E-state index in [1.54, 1.807) is 19.2 Å². The van der Waals surface area contributed by atoms with Crippen LogP contribution in [0.3, 0.4) is 0 Å². The molecule has 4 heteroatoms. The van der Waals surface area contributed by atoms with Crippen LogP contribution >= 0.6 is 0 Å². The molecule has 1 saturated heterocycles. The Hall–Kier alpha value is -1.42. The molecule has 0 aromatic carbocycles. The highest BCUT2D eigenvalue weighted by Crippen LogP contribution is 2.16. The van der Waals surface area contributed by atoms with E-state index in [0.717, 1.165) is 18.7 Å². The average Bonchev–Trinajstić information content (AvgIpc) is 2.64. The van der Waals surface area contributed by atoms with Gasteiger partial charge in [-0.2, -0.15) is 0 Å². The van der Waals surface area contributed by atoms with Crippen molar-refractivity contribution in [3.8, 4) is 0 Å². The quantitative estimate of drug-likeness (QED) is 0.441. The monoisotopic (exact) mass is 222 g/mol. The summed E-state index contributed by atoms with van der Waals surface area (Å²) in [5, 5.41) is 9.40. The molecule has 1 aliphatic rings. The molecule has 0 amide bonds. The molecular weight excluding hydrogens is 204 g/mol. The van der Waals surface area contributed by atoms with Gasteiger partial charge in [0.15, 0.2) is 5.78 Å². The van der Waals surface area contributed by atoms with E-state index in [4.69, 9.17) is 0 Å². The third-order valence-corrected chi connectivity index (χ3v) is 2.50. The largest absolute Gasteiger partial charge is 0.391 e. The summed E-state index contributed by atoms with van der Waals surface area (Å²) in [6.07, 6.45) is 3.71. The Balaban J connectivity index is 2.73. The van der Waals surface area contributed by atoms with Crippen LogP contribution in [0.4, 0.5) is 0 Å². The number of carbonyl (C=O) groups is 1. The minimum Gasteiger partial charge on any atom is -0.391 e. The third-order valence-electron chi connectivity index (χ3n) is 2.50. The molecule has 1 N–H and O–H groups in total. The summed E-state index contributed by atoms with van der Waals surface area (Å²) in [4.78, 5) is 17.2. The zero-order valence-electron chi connectivity index (χ0n) is 9.81. The predicted octanol–water partition coefficient (Wildman–Crippen LogP) is 1.13. The summed E-state index contributed by atoms with van der Waals surface area (Å²) >= 11 is 0. The van der Waals surface area contributed by atoms with Crippen LogP contribution in [0.15, 0.2) is 29.0 Å². The first-order chi connectivity index (χ1) is 7.54. The van der Waals surface area contributed by atoms with Crippen molar-refractivity contribution in [2.24, 2.45) is 4.99 Å². The molecule has 4 nitrogen and oxygen atoms in total. The van der Waals surface area contributed by atoms with Crippen LogP contribution in [0.1, 0.15) is 20.3 Å². The smallest absolute Gasteiger partial charge is 0.178 e. The maximum atomic E-state index is 11.3. The molecule has 1 rings (SSSR count). The molecule has 1 fully saturated rings. The van der Waals surface area contributed by atoms with Gasteiger partial charge in [0.2, 0.25) is 0 Å². The summed E-state index contributed by atoms with van der Waals surface area (Å²) in [6.45, 7) is 8.48. The minimum atomic E-state index is -0.291. The number of aliphatic hydroxyl groups excluding tert-OH is 1. The van der Waals surface area contributed by atoms with Crippen LogP contribution in [-0.2, 0) is 4.79 Å². The number of hydrogen-bond donors (Lipinski definition) is 1. The number of aliphatic imine (C=N–C) groups is 1. The first-order valence-electron chi connectivity index (χ1n) is 5.37. The number of β-amino-alcohol motifs (C(OH)–C–C–N with tert-alkyl or cyclic N) is 1. The highest BCUT2D eigenvalue weighted by Gasteiger charge is 2.20. The lowest BCUT2D eigenvalue weighted by Crippen LogP contribution is -2.20. The summed E-state index contributed by atoms with van der Waals surface area (Å²) < 4.78 is 0. The molecule has 0 bridgehead atoms. The number of ketones is 1. The lowest BCUT2D eigenvalue weighted by molar-refractivity contribution is -0.113. The maximum absolute atomic E-state index is 11.3. The van der Waals surface area contributed by atoms with Crippen LogP contribution in [0.5, 0.6) is 0 Å². The second kappa shape index (κ2) is 5.61. The van der Waals surface area contributed by atoms with Crippen LogP contribution in [-0.4, -0.2) is 41.2 Å². The molecular formula is C12H18N2O2. The summed E-state index contributed by atoms with van der Waals surface area (Å²) in [5.74, 6) is -0.0843. The summed E-state index contributed by atoms with van der Waals surface area (Å²) in [7, 11) is 0. The lowest BCUT2D eigenvalue weighted by Gasteiger charge is -2.17. The number of hydrogen-bond acceptors (Lipinski definition) is 4. The highest BCUT2D eigenvalue weighted by atomic mass is 16.3. The van der Waals surface area contributed by atoms with Crippen molar-refractivity contribution in [2.75, 3.05) is 13.1 Å². The molecule has 0 aliphatic carbocycles. The molecule has 1 atom stereocenters. The maximum Gasteiger partial charge on any atom is 0.178 e. The fourth-order valence-corrected chi connectivity index (χ4v) is 1.62. The van der Waals surface area contributed by atoms with Gasteiger partial charge in [-0.3, -0.25) is 9.79 Å². The fraction of sp³-hybridized carbons (Fsp3) is 0.500. The van der Waals surface area contributed by atoms with Gasteiger partial charge in [-0.15, -0.1) is 0 Å². The van der Waals surface area contributed by atoms with Crippen LogP contribution in [0.2, 0.25) is 0 Å². The van der Waals surface area contributed by atoms with Crippen molar-refractivity contribution >= 4 is 12.0 Å². The van der Waals surface area contributed by atoms with E-state index in [0.29, 0.717) is 12.2 Å². The molecule has 0 aromatic heterocycles. The van der Waals surface area contributed by atoms with E-state index >= 15 is 0 Å². The van der Waals surface area contributed by atoms with Crippen molar-refractivity contribution in [1.29, 1.82) is 0 Å². The van der Waals surface area contributed by atoms with Crippen LogP contribution in [0, 0.1) is 0 Å². The lowest BCUT2D eigenvalue weighted by atomic mass is 10.2. The van der Waals surface area contributed by atoms with Gasteiger partial charge >= 0.3 is 0 Å². The molecule has 0 spiro atoms. The Bertz CT molecular complexity index is 345. The van der Waals surface area contributed by atoms with Crippen molar-refractivity contribution in [3.05, 3.63) is 24.0 Å². The Morgan fingerprint density at radius 3 is 2.75 bits per heavy atom. The number of aliphatic hydroxyl groups is 1. The topological polar surface area (TPSA) is 52.9 Å². The summed E-state index contributed by atoms with van der Waals surface area (Å²) in [5.41, 5.74) is 1.13. The van der Waals surface area contributed by atoms with E-state index in [1.807, 2.05) is 4.90 Å². The van der Waals surface area contributed by atoms with Crippen molar-refractivity contribution in [2.45, 2.75) is 26.4 Å². The van der Waals surface area contributed by atoms with Gasteiger partial charge in [0.25, 0.3) is 0 Å². The van der Waals surface area contributed by atoms with Crippen LogP contribution < -0.4 is 0 Å². The first kappa shape index (κ1) is 12.6. The second-order valence-corrected chi connectivity index (χ2v) is 3.85. The molecule has 0 saturated carbocycles. The number of allylic oxidation sites excluding steroid dienone is 2. The van der Waals surface area contributed by atoms with E-state index in [2.05, 4.69) is 11.6 Å². The van der Waals surface area contributed by atoms with Crippen molar-refractivity contribution in [3.63, 3.8) is 0 Å². The second-order valence-electron chi connectivity index (χ2n) is 3.85. The Morgan fingerprint density at radius 2 is 2.31 bits per heavy atom. The molecule has 1 heterocycles. The Morgan fingerprint density at radius 1 is 1.62 bits per heavy atom. The first-order valence-corrected chi connectivity index (χ1v) is 5.37. The Kier molecular flexibility index (Phi) is 4.43. The van der Waals surface area contributed by atoms with E-state index < -0.39 is 0 Å². The van der Waals surface area contributed by atoms with Gasteiger partial charge in [-0.25, -0.2) is 0 Å². The van der Waals surface area contributed by atoms with Crippen molar-refractivity contribution < 1.29 is 9.90 Å². The Labute approximate surface area is 96.0 Å². The molecule has 16 heavy (non-hydrogen) atoms. The normalized spacial score (nSPS) is 21.8. The van der Waals surface area contributed by atoms with Gasteiger partial charge in [0.05, 0.1) is 6.10 Å². The number of carbonyl (C=O) groups excluding carboxylic acids is 1. The number of rotatable bonds is 4. The van der Waals surface area contributed by atoms with Gasteiger partial charge in [-0.1, -0.05) is 6.58 Å². The van der Waals surface area contributed by atoms with Crippen LogP contribution in [0.25, 0.3) is 0 Å². The summed E-state index contributed by atoms with van der Waals surface area (Å²) in [6, 6.07) is 0. The number of nitrogens with zero attached hydrogens (tertiary/aromatic N) is 2. The number of likely N-dealkylation sites (tertiary alicyclic amines) is 1. The molecule has 0 radical (unpaired) electrons. The standard InChI is InChI=1S/C12H18N2O2/c1-4-13-12(10(3)15)7-9(2)14-6-5-11(16)8-14/h4,7,11,16H,2,5-6,8H2,1,3H3/b12-7-,13-4?. The van der Waals surface area contributed by atoms with Gasteiger partial charge in [-0.05, 0) is 19.4 Å². The van der Waals surface area contributed by atoms with Gasteiger partial charge < -0.3 is 10.0 Å². The minimum absolute atomic E-state index is 0.0843. The highest BCUT2D eigenvalue weighted by molar-refractivity contribution is 5.94. The molecule has 88 valence electrons. The predicted molar refractivity (Wildman–Crippen MR) is 64.3 cm³/mol. The SMILES string of the molecule is C=C(/C=C(\N=CC)C(C)=O)N1CCC(O)C1. The fourth-order valence-electron chi connectivity index (χ4n) is 1.62. The molecule has 0 aromatic rings. The zero-order chi connectivity index (χ0) is 12.1. The van der Waals surface area contributed by atoms with E-state index in [9.17, 15) is 9.90 Å². The molecule has 1 aliphatic heterocycles. The zero-order valence-corrected chi connectivity index (χ0v) is 9.81. The van der Waals surface area contributed by atoms with Gasteiger partial charge in [0.1, 0.15) is 5.70 Å². The average molecular weight is 222 g/mol. The number of Topliss-reactive ketones (excluding diaryl/α,β-unsaturated/α-hetero) is 1. The van der Waals surface area contributed by atoms with Crippen molar-refractivity contribution in [1.82, 2.24) is 4.90 Å². The third kappa shape index (κ3) is 3.31. The van der Waals surface area contributed by atoms with E-state index in [1.165, 1.54) is 6.92 Å². The van der Waals surface area contributed by atoms with E-state index in [-0.39, 0.29) is 11.9 Å². The molecule has 1 unspecified atom stereocenters. The van der Waals surface area contributed by atoms with Gasteiger partial charge in [0, 0.05) is 31.9 Å².